The van der Waals surface area contributed by atoms with E-state index >= 15 is 0 Å². The summed E-state index contributed by atoms with van der Waals surface area (Å²) in [6.45, 7) is 3.00. The van der Waals surface area contributed by atoms with Gasteiger partial charge >= 0.3 is 0 Å². The van der Waals surface area contributed by atoms with Gasteiger partial charge in [0.15, 0.2) is 23.0 Å². The summed E-state index contributed by atoms with van der Waals surface area (Å²) in [5.74, 6) is 3.27. The zero-order valence-corrected chi connectivity index (χ0v) is 17.1. The van der Waals surface area contributed by atoms with Crippen molar-refractivity contribution in [3.8, 4) is 23.0 Å². The van der Waals surface area contributed by atoms with Crippen molar-refractivity contribution in [2.45, 2.75) is 32.0 Å². The van der Waals surface area contributed by atoms with E-state index in [0.29, 0.717) is 24.5 Å². The van der Waals surface area contributed by atoms with Gasteiger partial charge in [-0.3, -0.25) is 0 Å². The number of ether oxygens (including phenoxy) is 5. The lowest BCUT2D eigenvalue weighted by Gasteiger charge is -2.23. The minimum atomic E-state index is -0.482. The Morgan fingerprint density at radius 1 is 1.00 bits per heavy atom. The van der Waals surface area contributed by atoms with Crippen LogP contribution in [0.2, 0.25) is 0 Å². The third-order valence-corrected chi connectivity index (χ3v) is 6.03. The second kappa shape index (κ2) is 8.51. The number of aliphatic hydroxyl groups is 1. The van der Waals surface area contributed by atoms with Gasteiger partial charge in [0.05, 0.1) is 33.0 Å². The van der Waals surface area contributed by atoms with Crippen LogP contribution in [0.5, 0.6) is 23.0 Å². The molecule has 6 heteroatoms. The van der Waals surface area contributed by atoms with Crippen LogP contribution in [0.4, 0.5) is 0 Å². The first-order chi connectivity index (χ1) is 14.1. The van der Waals surface area contributed by atoms with Crippen molar-refractivity contribution in [2.24, 2.45) is 11.8 Å². The second-order valence-electron chi connectivity index (χ2n) is 7.75. The molecule has 1 N–H and O–H groups in total. The highest BCUT2D eigenvalue weighted by Crippen LogP contribution is 2.36. The predicted octanol–water partition coefficient (Wildman–Crippen LogP) is 3.23. The van der Waals surface area contributed by atoms with Crippen molar-refractivity contribution in [1.82, 2.24) is 0 Å². The van der Waals surface area contributed by atoms with Crippen molar-refractivity contribution in [2.75, 3.05) is 27.6 Å². The molecule has 0 bridgehead atoms. The van der Waals surface area contributed by atoms with Crippen LogP contribution in [-0.4, -0.2) is 44.9 Å². The van der Waals surface area contributed by atoms with Gasteiger partial charge in [-0.05, 0) is 54.2 Å². The van der Waals surface area contributed by atoms with Gasteiger partial charge in [-0.2, -0.15) is 0 Å². The molecular formula is C23H28O6. The Bertz CT molecular complexity index is 851. The van der Waals surface area contributed by atoms with Crippen LogP contribution in [-0.2, 0) is 17.6 Å². The Morgan fingerprint density at radius 2 is 1.76 bits per heavy atom. The van der Waals surface area contributed by atoms with E-state index in [1.807, 2.05) is 30.3 Å². The second-order valence-corrected chi connectivity index (χ2v) is 7.75. The van der Waals surface area contributed by atoms with Crippen molar-refractivity contribution in [1.29, 1.82) is 0 Å². The lowest BCUT2D eigenvalue weighted by Crippen LogP contribution is -2.30. The molecule has 0 unspecified atom stereocenters. The summed E-state index contributed by atoms with van der Waals surface area (Å²) >= 11 is 0. The third kappa shape index (κ3) is 4.14. The molecule has 0 aromatic heterocycles. The summed E-state index contributed by atoms with van der Waals surface area (Å²) in [6.07, 6.45) is 0.928. The van der Waals surface area contributed by atoms with E-state index in [1.54, 1.807) is 14.2 Å². The SMILES string of the molecule is COc1ccc(C[C@H](O)[C@H]2CO[C@H](Cc3ccc4c(c3)OCO4)[C@H]2C)cc1OC. The van der Waals surface area contributed by atoms with Gasteiger partial charge in [0.1, 0.15) is 0 Å². The highest BCUT2D eigenvalue weighted by Gasteiger charge is 2.38. The van der Waals surface area contributed by atoms with E-state index in [1.165, 1.54) is 0 Å². The molecule has 1 fully saturated rings. The van der Waals surface area contributed by atoms with E-state index in [0.717, 1.165) is 29.0 Å². The summed E-state index contributed by atoms with van der Waals surface area (Å²) < 4.78 is 27.6. The van der Waals surface area contributed by atoms with Crippen LogP contribution in [0.15, 0.2) is 36.4 Å². The molecule has 4 atom stereocenters. The maximum atomic E-state index is 10.9. The average Bonchev–Trinajstić information content (AvgIpc) is 3.34. The Hall–Kier alpha value is -2.44. The Labute approximate surface area is 171 Å². The fraction of sp³-hybridized carbons (Fsp3) is 0.478. The van der Waals surface area contributed by atoms with Crippen molar-refractivity contribution < 1.29 is 28.8 Å². The smallest absolute Gasteiger partial charge is 0.231 e. The fourth-order valence-corrected chi connectivity index (χ4v) is 4.22. The summed E-state index contributed by atoms with van der Waals surface area (Å²) in [6, 6.07) is 11.8. The summed E-state index contributed by atoms with van der Waals surface area (Å²) in [5.41, 5.74) is 2.17. The van der Waals surface area contributed by atoms with Crippen LogP contribution in [0.1, 0.15) is 18.1 Å². The normalized spacial score (nSPS) is 23.8. The summed E-state index contributed by atoms with van der Waals surface area (Å²) in [7, 11) is 3.23. The fourth-order valence-electron chi connectivity index (χ4n) is 4.22. The number of hydrogen-bond acceptors (Lipinski definition) is 6. The summed E-state index contributed by atoms with van der Waals surface area (Å²) in [5, 5.41) is 10.9. The molecule has 1 saturated heterocycles. The maximum Gasteiger partial charge on any atom is 0.231 e. The molecule has 0 radical (unpaired) electrons. The van der Waals surface area contributed by atoms with Gasteiger partial charge in [0.25, 0.3) is 0 Å². The van der Waals surface area contributed by atoms with E-state index in [-0.39, 0.29) is 24.7 Å². The molecule has 0 spiro atoms. The van der Waals surface area contributed by atoms with Gasteiger partial charge < -0.3 is 28.8 Å². The zero-order valence-electron chi connectivity index (χ0n) is 17.1. The standard InChI is InChI=1S/C23H28O6/c1-14-17(18(24)8-15-4-6-19(25-2)22(10-15)26-3)12-27-21(14)9-16-5-7-20-23(11-16)29-13-28-20/h4-7,10-11,14,17-18,21,24H,8-9,12-13H2,1-3H3/t14-,17-,18-,21+/m0/s1. The Morgan fingerprint density at radius 3 is 2.55 bits per heavy atom. The number of fused-ring (bicyclic) bond motifs is 1. The molecule has 6 nitrogen and oxygen atoms in total. The molecule has 0 saturated carbocycles. The maximum absolute atomic E-state index is 10.9. The van der Waals surface area contributed by atoms with Gasteiger partial charge in [-0.1, -0.05) is 19.1 Å². The molecule has 4 rings (SSSR count). The molecule has 0 aliphatic carbocycles. The largest absolute Gasteiger partial charge is 0.493 e. The molecule has 2 heterocycles. The van der Waals surface area contributed by atoms with E-state index in [2.05, 4.69) is 13.0 Å². The van der Waals surface area contributed by atoms with Gasteiger partial charge in [0, 0.05) is 5.92 Å². The Balaban J connectivity index is 1.38. The summed E-state index contributed by atoms with van der Waals surface area (Å²) in [4.78, 5) is 0. The van der Waals surface area contributed by atoms with Crippen molar-refractivity contribution in [3.05, 3.63) is 47.5 Å². The monoisotopic (exact) mass is 400 g/mol. The van der Waals surface area contributed by atoms with E-state index < -0.39 is 6.10 Å². The predicted molar refractivity (Wildman–Crippen MR) is 108 cm³/mol. The van der Waals surface area contributed by atoms with Crippen LogP contribution in [0.25, 0.3) is 0 Å². The molecule has 2 aromatic rings. The minimum absolute atomic E-state index is 0.0698. The van der Waals surface area contributed by atoms with Crippen molar-refractivity contribution in [3.63, 3.8) is 0 Å². The van der Waals surface area contributed by atoms with E-state index in [9.17, 15) is 5.11 Å². The number of aliphatic hydroxyl groups excluding tert-OH is 1. The quantitative estimate of drug-likeness (QED) is 0.770. The molecule has 0 amide bonds. The first kappa shape index (κ1) is 19.9. The first-order valence-corrected chi connectivity index (χ1v) is 9.98. The zero-order chi connectivity index (χ0) is 20.4. The number of methoxy groups -OCH3 is 2. The Kier molecular flexibility index (Phi) is 5.83. The van der Waals surface area contributed by atoms with Crippen LogP contribution < -0.4 is 18.9 Å². The molecule has 2 aliphatic rings. The average molecular weight is 400 g/mol. The third-order valence-electron chi connectivity index (χ3n) is 6.03. The minimum Gasteiger partial charge on any atom is -0.493 e. The molecule has 29 heavy (non-hydrogen) atoms. The molecule has 2 aromatic carbocycles. The number of benzene rings is 2. The molecular weight excluding hydrogens is 372 g/mol. The van der Waals surface area contributed by atoms with Crippen LogP contribution in [0, 0.1) is 11.8 Å². The molecule has 2 aliphatic heterocycles. The lowest BCUT2D eigenvalue weighted by molar-refractivity contribution is 0.0762. The van der Waals surface area contributed by atoms with Crippen LogP contribution >= 0.6 is 0 Å². The highest BCUT2D eigenvalue weighted by atomic mass is 16.7. The van der Waals surface area contributed by atoms with E-state index in [4.69, 9.17) is 23.7 Å². The van der Waals surface area contributed by atoms with Crippen LogP contribution in [0.3, 0.4) is 0 Å². The van der Waals surface area contributed by atoms with Gasteiger partial charge in [-0.15, -0.1) is 0 Å². The topological polar surface area (TPSA) is 66.4 Å². The number of hydrogen-bond donors (Lipinski definition) is 1. The highest BCUT2D eigenvalue weighted by molar-refractivity contribution is 5.45. The first-order valence-electron chi connectivity index (χ1n) is 9.98. The van der Waals surface area contributed by atoms with Gasteiger partial charge in [-0.25, -0.2) is 0 Å². The van der Waals surface area contributed by atoms with Gasteiger partial charge in [0.2, 0.25) is 6.79 Å². The number of rotatable bonds is 7. The lowest BCUT2D eigenvalue weighted by atomic mass is 9.84. The molecule has 156 valence electrons. The van der Waals surface area contributed by atoms with Crippen molar-refractivity contribution >= 4 is 0 Å².